The molecule has 2 N–H and O–H groups in total. The van der Waals surface area contributed by atoms with Crippen LogP contribution in [0.3, 0.4) is 0 Å². The molecule has 0 aromatic heterocycles. The summed E-state index contributed by atoms with van der Waals surface area (Å²) >= 11 is 0. The first-order valence-corrected chi connectivity index (χ1v) is 10.1. The molecule has 27 heavy (non-hydrogen) atoms. The van der Waals surface area contributed by atoms with E-state index in [4.69, 9.17) is 4.74 Å². The molecule has 0 aromatic carbocycles. The van der Waals surface area contributed by atoms with E-state index in [0.717, 1.165) is 0 Å². The second-order valence-corrected chi connectivity index (χ2v) is 10.5. The molecule has 7 atom stereocenters. The van der Waals surface area contributed by atoms with Crippen molar-refractivity contribution in [2.75, 3.05) is 0 Å². The molecule has 0 amide bonds. The molecule has 6 rings (SSSR count). The van der Waals surface area contributed by atoms with Crippen molar-refractivity contribution >= 4 is 5.97 Å². The maximum Gasteiger partial charge on any atom is 0.351 e. The first-order chi connectivity index (χ1) is 12.3. The van der Waals surface area contributed by atoms with Crippen LogP contribution >= 0.6 is 0 Å². The fourth-order valence-electron chi connectivity index (χ4n) is 7.88. The number of fused-ring (bicyclic) bond motifs is 2. The Morgan fingerprint density at radius 2 is 1.48 bits per heavy atom. The molecule has 0 radical (unpaired) electrons. The van der Waals surface area contributed by atoms with E-state index in [1.165, 1.54) is 0 Å². The van der Waals surface area contributed by atoms with Gasteiger partial charge < -0.3 is 14.9 Å². The van der Waals surface area contributed by atoms with Crippen molar-refractivity contribution in [2.24, 2.45) is 29.6 Å². The highest BCUT2D eigenvalue weighted by Gasteiger charge is 2.80. The minimum absolute atomic E-state index is 0.00949. The quantitative estimate of drug-likeness (QED) is 0.714. The molecule has 6 saturated carbocycles. The average molecular weight is 388 g/mol. The van der Waals surface area contributed by atoms with Crippen molar-refractivity contribution in [1.29, 1.82) is 0 Å². The molecule has 6 aliphatic carbocycles. The van der Waals surface area contributed by atoms with Crippen molar-refractivity contribution < 1.29 is 32.9 Å². The summed E-state index contributed by atoms with van der Waals surface area (Å²) in [4.78, 5) is 12.9. The minimum atomic E-state index is -3.75. The zero-order chi connectivity index (χ0) is 19.6. The van der Waals surface area contributed by atoms with Crippen LogP contribution in [0.4, 0.5) is 13.2 Å². The van der Waals surface area contributed by atoms with Gasteiger partial charge in [0.25, 0.3) is 11.6 Å². The Labute approximate surface area is 156 Å². The fraction of sp³-hybridized carbons (Fsp3) is 0.950. The number of esters is 1. The standard InChI is InChI=1S/C20H27F3O4/c1-10-11(2)14-3-13(10)19(21,20(14,22)23)15(24)27-18-6-12-4-16(25,8-18)7-17(26,5-12)9-18/h10-14,25-26H,3-9H2,1-2H3. The molecule has 7 unspecified atom stereocenters. The van der Waals surface area contributed by atoms with Crippen molar-refractivity contribution in [3.05, 3.63) is 0 Å². The van der Waals surface area contributed by atoms with Gasteiger partial charge in [-0.25, -0.2) is 18.0 Å². The Bertz CT molecular complexity index is 693. The molecule has 0 aliphatic heterocycles. The second-order valence-electron chi connectivity index (χ2n) is 10.5. The van der Waals surface area contributed by atoms with Gasteiger partial charge in [0.2, 0.25) is 0 Å². The number of aliphatic hydroxyl groups is 2. The molecule has 0 aromatic rings. The molecule has 0 spiro atoms. The Balaban J connectivity index is 1.46. The summed E-state index contributed by atoms with van der Waals surface area (Å²) in [7, 11) is 0. The molecular weight excluding hydrogens is 361 g/mol. The van der Waals surface area contributed by atoms with Crippen LogP contribution in [-0.4, -0.2) is 44.6 Å². The number of hydrogen-bond donors (Lipinski definition) is 2. The van der Waals surface area contributed by atoms with Gasteiger partial charge in [-0.05, 0) is 43.4 Å². The lowest BCUT2D eigenvalue weighted by Crippen LogP contribution is -2.68. The Morgan fingerprint density at radius 1 is 0.926 bits per heavy atom. The summed E-state index contributed by atoms with van der Waals surface area (Å²) in [6.07, 6.45) is 1.77. The summed E-state index contributed by atoms with van der Waals surface area (Å²) in [6.45, 7) is 3.42. The SMILES string of the molecule is CC1C(C)C2CC1C(F)(F)C2(F)C(=O)OC12CC3CC(O)(CC(O)(C3)C1)C2. The summed E-state index contributed by atoms with van der Waals surface area (Å²) in [6, 6.07) is 0. The molecule has 6 aliphatic rings. The van der Waals surface area contributed by atoms with E-state index in [-0.39, 0.29) is 43.4 Å². The zero-order valence-electron chi connectivity index (χ0n) is 15.7. The van der Waals surface area contributed by atoms with E-state index in [0.29, 0.717) is 19.3 Å². The number of carbonyl (C=O) groups excluding carboxylic acids is 1. The van der Waals surface area contributed by atoms with E-state index < -0.39 is 46.2 Å². The van der Waals surface area contributed by atoms with Crippen molar-refractivity contribution in [1.82, 2.24) is 0 Å². The smallest absolute Gasteiger partial charge is 0.351 e. The van der Waals surface area contributed by atoms with Crippen LogP contribution in [-0.2, 0) is 9.53 Å². The van der Waals surface area contributed by atoms with Gasteiger partial charge in [-0.15, -0.1) is 0 Å². The molecular formula is C20H27F3O4. The Hall–Kier alpha value is -0.820. The molecule has 152 valence electrons. The zero-order valence-corrected chi connectivity index (χ0v) is 15.7. The van der Waals surface area contributed by atoms with Crippen molar-refractivity contribution in [2.45, 2.75) is 87.2 Å². The number of ether oxygens (including phenoxy) is 1. The number of halogens is 3. The van der Waals surface area contributed by atoms with Crippen LogP contribution in [0.15, 0.2) is 0 Å². The number of rotatable bonds is 2. The van der Waals surface area contributed by atoms with Crippen LogP contribution in [0.5, 0.6) is 0 Å². The van der Waals surface area contributed by atoms with Crippen LogP contribution < -0.4 is 0 Å². The maximum absolute atomic E-state index is 15.7. The fourth-order valence-corrected chi connectivity index (χ4v) is 7.88. The van der Waals surface area contributed by atoms with Crippen molar-refractivity contribution in [3.63, 3.8) is 0 Å². The summed E-state index contributed by atoms with van der Waals surface area (Å²) < 4.78 is 51.1. The third kappa shape index (κ3) is 2.10. The van der Waals surface area contributed by atoms with Crippen LogP contribution in [0.2, 0.25) is 0 Å². The third-order valence-electron chi connectivity index (χ3n) is 8.63. The van der Waals surface area contributed by atoms with Gasteiger partial charge in [0.05, 0.1) is 11.2 Å². The predicted octanol–water partition coefficient (Wildman–Crippen LogP) is 2.99. The lowest BCUT2D eigenvalue weighted by Gasteiger charge is -2.62. The molecule has 0 saturated heterocycles. The van der Waals surface area contributed by atoms with Gasteiger partial charge in [0.15, 0.2) is 0 Å². The highest BCUT2D eigenvalue weighted by atomic mass is 19.3. The maximum atomic E-state index is 15.7. The number of carbonyl (C=O) groups is 1. The largest absolute Gasteiger partial charge is 0.456 e. The van der Waals surface area contributed by atoms with Gasteiger partial charge in [-0.1, -0.05) is 13.8 Å². The normalized spacial score (nSPS) is 60.0. The van der Waals surface area contributed by atoms with Crippen LogP contribution in [0.25, 0.3) is 0 Å². The van der Waals surface area contributed by atoms with Gasteiger partial charge >= 0.3 is 5.97 Å². The first-order valence-electron chi connectivity index (χ1n) is 10.1. The molecule has 7 heteroatoms. The van der Waals surface area contributed by atoms with Gasteiger partial charge in [0, 0.05) is 31.1 Å². The van der Waals surface area contributed by atoms with E-state index in [1.807, 2.05) is 0 Å². The molecule has 6 bridgehead atoms. The highest BCUT2D eigenvalue weighted by Crippen LogP contribution is 2.67. The van der Waals surface area contributed by atoms with Crippen LogP contribution in [0, 0.1) is 29.6 Å². The average Bonchev–Trinajstić information content (AvgIpc) is 2.88. The molecule has 4 nitrogen and oxygen atoms in total. The van der Waals surface area contributed by atoms with Gasteiger partial charge in [-0.3, -0.25) is 0 Å². The first kappa shape index (κ1) is 18.2. The van der Waals surface area contributed by atoms with Crippen LogP contribution in [0.1, 0.15) is 58.8 Å². The van der Waals surface area contributed by atoms with E-state index >= 15 is 4.39 Å². The minimum Gasteiger partial charge on any atom is -0.456 e. The van der Waals surface area contributed by atoms with Gasteiger partial charge in [0.1, 0.15) is 5.60 Å². The highest BCUT2D eigenvalue weighted by molar-refractivity contribution is 5.83. The summed E-state index contributed by atoms with van der Waals surface area (Å²) in [5, 5.41) is 21.5. The second kappa shape index (κ2) is 4.84. The van der Waals surface area contributed by atoms with Gasteiger partial charge in [-0.2, -0.15) is 0 Å². The predicted molar refractivity (Wildman–Crippen MR) is 88.6 cm³/mol. The molecule has 0 heterocycles. The lowest BCUT2D eigenvalue weighted by atomic mass is 9.50. The summed E-state index contributed by atoms with van der Waals surface area (Å²) in [5.41, 5.74) is -6.90. The van der Waals surface area contributed by atoms with E-state index in [9.17, 15) is 23.8 Å². The van der Waals surface area contributed by atoms with E-state index in [1.54, 1.807) is 13.8 Å². The number of alkyl halides is 3. The van der Waals surface area contributed by atoms with Crippen molar-refractivity contribution in [3.8, 4) is 0 Å². The van der Waals surface area contributed by atoms with E-state index in [2.05, 4.69) is 0 Å². The Morgan fingerprint density at radius 3 is 2.00 bits per heavy atom. The lowest BCUT2D eigenvalue weighted by molar-refractivity contribution is -0.275. The number of hydrogen-bond acceptors (Lipinski definition) is 4. The molecule has 6 fully saturated rings. The third-order valence-corrected chi connectivity index (χ3v) is 8.63. The Kier molecular flexibility index (Phi) is 3.26. The topological polar surface area (TPSA) is 66.8 Å². The summed E-state index contributed by atoms with van der Waals surface area (Å²) in [5.74, 6) is -8.16. The monoisotopic (exact) mass is 388 g/mol.